The monoisotopic (exact) mass is 228 g/mol. The summed E-state index contributed by atoms with van der Waals surface area (Å²) in [7, 11) is 0. The molecule has 78 valence electrons. The van der Waals surface area contributed by atoms with Crippen molar-refractivity contribution < 1.29 is 5.11 Å². The van der Waals surface area contributed by atoms with Gasteiger partial charge in [-0.1, -0.05) is 41.6 Å². The summed E-state index contributed by atoms with van der Waals surface area (Å²) < 4.78 is 0. The van der Waals surface area contributed by atoms with Crippen molar-refractivity contribution in [2.45, 2.75) is 0 Å². The Morgan fingerprint density at radius 2 is 1.69 bits per heavy atom. The van der Waals surface area contributed by atoms with Crippen LogP contribution in [0.15, 0.2) is 48.5 Å². The molecule has 0 saturated carbocycles. The maximum Gasteiger partial charge on any atom is 0.116 e. The van der Waals surface area contributed by atoms with Gasteiger partial charge in [-0.2, -0.15) is 0 Å². The van der Waals surface area contributed by atoms with E-state index >= 15 is 0 Å². The third kappa shape index (κ3) is 2.56. The molecule has 0 heterocycles. The normalized spacial score (nSPS) is 9.31. The molecule has 0 saturated heterocycles. The molecule has 2 aromatic carbocycles. The van der Waals surface area contributed by atoms with Gasteiger partial charge in [-0.3, -0.25) is 0 Å². The zero-order valence-electron chi connectivity index (χ0n) is 8.44. The molecule has 0 unspecified atom stereocenters. The molecule has 2 aromatic rings. The molecule has 0 aromatic heterocycles. The average molecular weight is 229 g/mol. The Morgan fingerprint density at radius 3 is 2.44 bits per heavy atom. The SMILES string of the molecule is Oc1ccc(Cl)c(C#Cc2ccccc2)c1. The molecule has 1 N–H and O–H groups in total. The van der Waals surface area contributed by atoms with E-state index in [1.165, 1.54) is 6.07 Å². The standard InChI is InChI=1S/C14H9ClO/c15-14-9-8-13(16)10-12(14)7-6-11-4-2-1-3-5-11/h1-5,8-10,16H. The molecular formula is C14H9ClO. The number of rotatable bonds is 0. The van der Waals surface area contributed by atoms with Gasteiger partial charge in [0.1, 0.15) is 5.75 Å². The minimum atomic E-state index is 0.168. The first-order valence-electron chi connectivity index (χ1n) is 4.81. The average Bonchev–Trinajstić information content (AvgIpc) is 2.32. The summed E-state index contributed by atoms with van der Waals surface area (Å²) in [6, 6.07) is 14.3. The molecule has 0 aliphatic carbocycles. The number of hydrogen-bond donors (Lipinski definition) is 1. The lowest BCUT2D eigenvalue weighted by Crippen LogP contribution is -1.77. The van der Waals surface area contributed by atoms with Gasteiger partial charge in [0.2, 0.25) is 0 Å². The molecule has 2 heteroatoms. The van der Waals surface area contributed by atoms with E-state index in [9.17, 15) is 5.11 Å². The van der Waals surface area contributed by atoms with E-state index in [1.54, 1.807) is 12.1 Å². The van der Waals surface area contributed by atoms with E-state index in [-0.39, 0.29) is 5.75 Å². The number of aromatic hydroxyl groups is 1. The van der Waals surface area contributed by atoms with E-state index in [0.717, 1.165) is 5.56 Å². The first kappa shape index (κ1) is 10.6. The number of phenols is 1. The zero-order valence-corrected chi connectivity index (χ0v) is 9.20. The van der Waals surface area contributed by atoms with Gasteiger partial charge in [0.25, 0.3) is 0 Å². The van der Waals surface area contributed by atoms with Crippen molar-refractivity contribution in [3.63, 3.8) is 0 Å². The third-order valence-corrected chi connectivity index (χ3v) is 2.39. The van der Waals surface area contributed by atoms with Crippen LogP contribution in [0.2, 0.25) is 5.02 Å². The second kappa shape index (κ2) is 4.74. The lowest BCUT2D eigenvalue weighted by molar-refractivity contribution is 0.475. The Bertz CT molecular complexity index is 550. The van der Waals surface area contributed by atoms with Crippen molar-refractivity contribution >= 4 is 11.6 Å². The van der Waals surface area contributed by atoms with Gasteiger partial charge in [0, 0.05) is 11.1 Å². The molecule has 0 bridgehead atoms. The Hall–Kier alpha value is -1.91. The molecule has 1 nitrogen and oxygen atoms in total. The fourth-order valence-electron chi connectivity index (χ4n) is 1.27. The highest BCUT2D eigenvalue weighted by atomic mass is 35.5. The predicted octanol–water partition coefficient (Wildman–Crippen LogP) is 3.45. The van der Waals surface area contributed by atoms with E-state index in [4.69, 9.17) is 11.6 Å². The number of benzene rings is 2. The van der Waals surface area contributed by atoms with Crippen LogP contribution < -0.4 is 0 Å². The van der Waals surface area contributed by atoms with Gasteiger partial charge in [0.05, 0.1) is 5.02 Å². The molecule has 0 aliphatic rings. The van der Waals surface area contributed by atoms with Gasteiger partial charge < -0.3 is 5.11 Å². The van der Waals surface area contributed by atoms with Gasteiger partial charge in [0.15, 0.2) is 0 Å². The molecule has 0 amide bonds. The van der Waals surface area contributed by atoms with Gasteiger partial charge in [-0.05, 0) is 30.3 Å². The Balaban J connectivity index is 2.34. The smallest absolute Gasteiger partial charge is 0.116 e. The molecule has 0 spiro atoms. The lowest BCUT2D eigenvalue weighted by atomic mass is 10.2. The van der Waals surface area contributed by atoms with Crippen molar-refractivity contribution in [3.8, 4) is 17.6 Å². The number of hydrogen-bond acceptors (Lipinski definition) is 1. The van der Waals surface area contributed by atoms with Crippen molar-refractivity contribution in [1.82, 2.24) is 0 Å². The van der Waals surface area contributed by atoms with Gasteiger partial charge in [-0.25, -0.2) is 0 Å². The van der Waals surface area contributed by atoms with E-state index in [1.807, 2.05) is 30.3 Å². The molecule has 0 radical (unpaired) electrons. The second-order valence-corrected chi connectivity index (χ2v) is 3.69. The fourth-order valence-corrected chi connectivity index (χ4v) is 1.43. The Morgan fingerprint density at radius 1 is 0.938 bits per heavy atom. The lowest BCUT2D eigenvalue weighted by Gasteiger charge is -1.96. The van der Waals surface area contributed by atoms with Crippen LogP contribution in [0, 0.1) is 11.8 Å². The van der Waals surface area contributed by atoms with Crippen LogP contribution in [0.5, 0.6) is 5.75 Å². The molecule has 16 heavy (non-hydrogen) atoms. The summed E-state index contributed by atoms with van der Waals surface area (Å²) in [6.07, 6.45) is 0. The summed E-state index contributed by atoms with van der Waals surface area (Å²) in [5.41, 5.74) is 1.55. The highest BCUT2D eigenvalue weighted by Gasteiger charge is 1.97. The topological polar surface area (TPSA) is 20.2 Å². The third-order valence-electron chi connectivity index (χ3n) is 2.07. The molecule has 0 aliphatic heterocycles. The quantitative estimate of drug-likeness (QED) is 0.685. The highest BCUT2D eigenvalue weighted by Crippen LogP contribution is 2.20. The zero-order chi connectivity index (χ0) is 11.4. The fraction of sp³-hybridized carbons (Fsp3) is 0. The van der Waals surface area contributed by atoms with E-state index < -0.39 is 0 Å². The first-order valence-corrected chi connectivity index (χ1v) is 5.19. The summed E-state index contributed by atoms with van der Waals surface area (Å²) in [4.78, 5) is 0. The van der Waals surface area contributed by atoms with Crippen molar-refractivity contribution in [3.05, 3.63) is 64.7 Å². The maximum absolute atomic E-state index is 9.31. The van der Waals surface area contributed by atoms with Crippen LogP contribution in [0.4, 0.5) is 0 Å². The summed E-state index contributed by atoms with van der Waals surface area (Å²) in [5.74, 6) is 6.08. The van der Waals surface area contributed by atoms with Gasteiger partial charge >= 0.3 is 0 Å². The maximum atomic E-state index is 9.31. The molecule has 0 atom stereocenters. The Kier molecular flexibility index (Phi) is 3.14. The van der Waals surface area contributed by atoms with Crippen LogP contribution in [0.3, 0.4) is 0 Å². The minimum Gasteiger partial charge on any atom is -0.508 e. The highest BCUT2D eigenvalue weighted by molar-refractivity contribution is 6.31. The summed E-state index contributed by atoms with van der Waals surface area (Å²) in [6.45, 7) is 0. The number of halogens is 1. The van der Waals surface area contributed by atoms with Crippen molar-refractivity contribution in [2.75, 3.05) is 0 Å². The van der Waals surface area contributed by atoms with Crippen LogP contribution in [-0.2, 0) is 0 Å². The van der Waals surface area contributed by atoms with Crippen molar-refractivity contribution in [2.24, 2.45) is 0 Å². The summed E-state index contributed by atoms with van der Waals surface area (Å²) in [5, 5.41) is 9.85. The van der Waals surface area contributed by atoms with E-state index in [0.29, 0.717) is 10.6 Å². The minimum absolute atomic E-state index is 0.168. The second-order valence-electron chi connectivity index (χ2n) is 3.28. The van der Waals surface area contributed by atoms with E-state index in [2.05, 4.69) is 11.8 Å². The first-order chi connectivity index (χ1) is 7.75. The van der Waals surface area contributed by atoms with Crippen LogP contribution in [0.25, 0.3) is 0 Å². The Labute approximate surface area is 99.3 Å². The molecular weight excluding hydrogens is 220 g/mol. The van der Waals surface area contributed by atoms with Crippen LogP contribution in [0.1, 0.15) is 11.1 Å². The molecule has 0 fully saturated rings. The summed E-state index contributed by atoms with van der Waals surface area (Å²) >= 11 is 5.95. The molecule has 2 rings (SSSR count). The van der Waals surface area contributed by atoms with Crippen molar-refractivity contribution in [1.29, 1.82) is 0 Å². The van der Waals surface area contributed by atoms with Gasteiger partial charge in [-0.15, -0.1) is 0 Å². The van der Waals surface area contributed by atoms with Crippen LogP contribution >= 0.6 is 11.6 Å². The number of phenolic OH excluding ortho intramolecular Hbond substituents is 1. The predicted molar refractivity (Wildman–Crippen MR) is 65.5 cm³/mol. The largest absolute Gasteiger partial charge is 0.508 e. The van der Waals surface area contributed by atoms with Crippen LogP contribution in [-0.4, -0.2) is 5.11 Å².